The van der Waals surface area contributed by atoms with Crippen LogP contribution in [-0.4, -0.2) is 39.8 Å². The fraction of sp³-hybridized carbons (Fsp3) is 0.455. The van der Waals surface area contributed by atoms with Crippen molar-refractivity contribution >= 4 is 5.91 Å². The molecule has 2 heterocycles. The van der Waals surface area contributed by atoms with E-state index in [1.54, 1.807) is 24.1 Å². The van der Waals surface area contributed by atoms with Gasteiger partial charge in [0.05, 0.1) is 17.7 Å². The molecule has 2 atom stereocenters. The molecule has 0 radical (unpaired) electrons. The Hall–Kier alpha value is -2.47. The third-order valence-corrected chi connectivity index (χ3v) is 5.87. The van der Waals surface area contributed by atoms with Crippen LogP contribution in [-0.2, 0) is 6.42 Å². The fourth-order valence-electron chi connectivity index (χ4n) is 4.13. The van der Waals surface area contributed by atoms with Gasteiger partial charge in [0.15, 0.2) is 18.3 Å². The second-order valence-corrected chi connectivity index (χ2v) is 7.80. The van der Waals surface area contributed by atoms with E-state index in [-0.39, 0.29) is 30.0 Å². The molecule has 1 amide bonds. The molecule has 1 aromatic heterocycles. The van der Waals surface area contributed by atoms with Gasteiger partial charge in [-0.25, -0.2) is 4.39 Å². The average Bonchev–Trinajstić information content (AvgIpc) is 2.69. The first-order chi connectivity index (χ1) is 13.5. The van der Waals surface area contributed by atoms with Crippen molar-refractivity contribution in [2.45, 2.75) is 58.1 Å². The fourth-order valence-corrected chi connectivity index (χ4v) is 4.13. The minimum Gasteiger partial charge on any atom is -0.469 e. The predicted molar refractivity (Wildman–Crippen MR) is 103 cm³/mol. The number of fused-ring (bicyclic) bond motifs is 1. The van der Waals surface area contributed by atoms with Crippen LogP contribution < -0.4 is 4.74 Å². The van der Waals surface area contributed by atoms with Gasteiger partial charge in [-0.1, -0.05) is 18.9 Å². The highest BCUT2D eigenvalue weighted by molar-refractivity contribution is 5.98. The first-order valence-electron chi connectivity index (χ1n) is 9.81. The molecule has 0 saturated heterocycles. The SMILES string of the molecule is Cc1ccc(Cc2cc3c(c(F)c2C)OCN([C@H]2CCCC[C@@H]2O)C3=O)cn1. The van der Waals surface area contributed by atoms with Crippen molar-refractivity contribution in [1.82, 2.24) is 9.88 Å². The number of nitrogens with zero attached hydrogens (tertiary/aromatic N) is 2. The molecule has 4 rings (SSSR count). The molecule has 0 unspecified atom stereocenters. The molecule has 2 aromatic rings. The van der Waals surface area contributed by atoms with Crippen molar-refractivity contribution in [3.63, 3.8) is 0 Å². The van der Waals surface area contributed by atoms with Crippen LogP contribution in [0.2, 0.25) is 0 Å². The largest absolute Gasteiger partial charge is 0.469 e. The number of aromatic nitrogens is 1. The zero-order valence-corrected chi connectivity index (χ0v) is 16.2. The Balaban J connectivity index is 1.67. The third kappa shape index (κ3) is 3.37. The number of carbonyl (C=O) groups is 1. The van der Waals surface area contributed by atoms with Gasteiger partial charge in [-0.15, -0.1) is 0 Å². The highest BCUT2D eigenvalue weighted by atomic mass is 19.1. The van der Waals surface area contributed by atoms with Crippen LogP contribution in [0.4, 0.5) is 4.39 Å². The van der Waals surface area contributed by atoms with Crippen molar-refractivity contribution in [1.29, 1.82) is 0 Å². The van der Waals surface area contributed by atoms with Crippen LogP contribution in [0.15, 0.2) is 24.4 Å². The zero-order valence-electron chi connectivity index (χ0n) is 16.2. The number of halogens is 1. The first kappa shape index (κ1) is 18.9. The topological polar surface area (TPSA) is 62.7 Å². The summed E-state index contributed by atoms with van der Waals surface area (Å²) in [5.74, 6) is -0.728. The Labute approximate surface area is 164 Å². The Morgan fingerprint density at radius 2 is 2.07 bits per heavy atom. The minimum atomic E-state index is -0.559. The van der Waals surface area contributed by atoms with Crippen molar-refractivity contribution in [3.8, 4) is 5.75 Å². The first-order valence-corrected chi connectivity index (χ1v) is 9.81. The average molecular weight is 384 g/mol. The smallest absolute Gasteiger partial charge is 0.260 e. The van der Waals surface area contributed by atoms with Gasteiger partial charge in [-0.3, -0.25) is 14.7 Å². The number of pyridine rings is 1. The number of hydrogen-bond acceptors (Lipinski definition) is 4. The predicted octanol–water partition coefficient (Wildman–Crippen LogP) is 3.52. The van der Waals surface area contributed by atoms with E-state index in [0.717, 1.165) is 36.1 Å². The Bertz CT molecular complexity index is 898. The van der Waals surface area contributed by atoms with Crippen LogP contribution in [0.25, 0.3) is 0 Å². The summed E-state index contributed by atoms with van der Waals surface area (Å²) in [5.41, 5.74) is 3.34. The summed E-state index contributed by atoms with van der Waals surface area (Å²) in [6.07, 6.45) is 5.04. The van der Waals surface area contributed by atoms with E-state index in [4.69, 9.17) is 4.74 Å². The molecule has 1 aliphatic heterocycles. The second kappa shape index (κ2) is 7.51. The van der Waals surface area contributed by atoms with E-state index in [2.05, 4.69) is 4.98 Å². The number of ether oxygens (including phenoxy) is 1. The lowest BCUT2D eigenvalue weighted by Gasteiger charge is -2.40. The standard InChI is InChI=1S/C22H25FN2O3/c1-13-7-8-15(11-24-13)9-16-10-17-21(20(23)14(16)2)28-12-25(22(17)27)18-5-3-4-6-19(18)26/h7-8,10-11,18-19,26H,3-6,9,12H2,1-2H3/t18-,19-/m0/s1. The zero-order chi connectivity index (χ0) is 19.8. The van der Waals surface area contributed by atoms with E-state index >= 15 is 0 Å². The van der Waals surface area contributed by atoms with Crippen molar-refractivity contribution in [2.24, 2.45) is 0 Å². The molecule has 1 saturated carbocycles. The van der Waals surface area contributed by atoms with Crippen LogP contribution >= 0.6 is 0 Å². The summed E-state index contributed by atoms with van der Waals surface area (Å²) >= 11 is 0. The quantitative estimate of drug-likeness (QED) is 0.880. The van der Waals surface area contributed by atoms with Gasteiger partial charge in [0.1, 0.15) is 0 Å². The second-order valence-electron chi connectivity index (χ2n) is 7.80. The number of hydrogen-bond donors (Lipinski definition) is 1. The molecule has 6 heteroatoms. The molecule has 28 heavy (non-hydrogen) atoms. The lowest BCUT2D eigenvalue weighted by molar-refractivity contribution is -0.0134. The molecule has 0 spiro atoms. The van der Waals surface area contributed by atoms with E-state index in [1.807, 2.05) is 19.1 Å². The van der Waals surface area contributed by atoms with Crippen LogP contribution in [0, 0.1) is 19.7 Å². The number of amides is 1. The summed E-state index contributed by atoms with van der Waals surface area (Å²) in [6, 6.07) is 5.34. The number of carbonyl (C=O) groups excluding carboxylic acids is 1. The van der Waals surface area contributed by atoms with Gasteiger partial charge in [0.25, 0.3) is 5.91 Å². The molecule has 5 nitrogen and oxygen atoms in total. The molecule has 1 aliphatic carbocycles. The molecule has 148 valence electrons. The summed E-state index contributed by atoms with van der Waals surface area (Å²) in [7, 11) is 0. The van der Waals surface area contributed by atoms with Crippen molar-refractivity contribution < 1.29 is 19.0 Å². The Kier molecular flexibility index (Phi) is 5.06. The molecule has 2 aliphatic rings. The molecule has 0 bridgehead atoms. The van der Waals surface area contributed by atoms with Gasteiger partial charge in [0.2, 0.25) is 0 Å². The van der Waals surface area contributed by atoms with Gasteiger partial charge in [0, 0.05) is 11.9 Å². The maximum Gasteiger partial charge on any atom is 0.260 e. The summed E-state index contributed by atoms with van der Waals surface area (Å²) in [6.45, 7) is 3.60. The highest BCUT2D eigenvalue weighted by Crippen LogP contribution is 2.35. The van der Waals surface area contributed by atoms with Gasteiger partial charge in [-0.2, -0.15) is 0 Å². The Morgan fingerprint density at radius 3 is 2.79 bits per heavy atom. The van der Waals surface area contributed by atoms with Gasteiger partial charge < -0.3 is 9.84 Å². The third-order valence-electron chi connectivity index (χ3n) is 5.87. The number of aliphatic hydroxyl groups is 1. The van der Waals surface area contributed by atoms with E-state index in [1.165, 1.54) is 0 Å². The van der Waals surface area contributed by atoms with Crippen molar-refractivity contribution in [2.75, 3.05) is 6.73 Å². The lowest BCUT2D eigenvalue weighted by atomic mass is 9.90. The summed E-state index contributed by atoms with van der Waals surface area (Å²) < 4.78 is 20.6. The molecule has 1 aromatic carbocycles. The lowest BCUT2D eigenvalue weighted by Crippen LogP contribution is -2.52. The Morgan fingerprint density at radius 1 is 1.29 bits per heavy atom. The number of aliphatic hydroxyl groups excluding tert-OH is 1. The molecular formula is C22H25FN2O3. The molecular weight excluding hydrogens is 359 g/mol. The maximum atomic E-state index is 15.0. The monoisotopic (exact) mass is 384 g/mol. The minimum absolute atomic E-state index is 0.0227. The van der Waals surface area contributed by atoms with E-state index in [0.29, 0.717) is 18.4 Å². The van der Waals surface area contributed by atoms with Crippen molar-refractivity contribution in [3.05, 3.63) is 58.2 Å². The van der Waals surface area contributed by atoms with E-state index < -0.39 is 11.9 Å². The number of rotatable bonds is 3. The number of aryl methyl sites for hydroxylation is 1. The maximum absolute atomic E-state index is 15.0. The molecule has 1 N–H and O–H groups in total. The van der Waals surface area contributed by atoms with Crippen LogP contribution in [0.1, 0.15) is 58.4 Å². The van der Waals surface area contributed by atoms with Gasteiger partial charge >= 0.3 is 0 Å². The van der Waals surface area contributed by atoms with Gasteiger partial charge in [-0.05, 0) is 61.9 Å². The number of benzene rings is 1. The van der Waals surface area contributed by atoms with Crippen LogP contribution in [0.5, 0.6) is 5.75 Å². The summed E-state index contributed by atoms with van der Waals surface area (Å²) in [5, 5.41) is 10.3. The van der Waals surface area contributed by atoms with Crippen LogP contribution in [0.3, 0.4) is 0 Å². The highest BCUT2D eigenvalue weighted by Gasteiger charge is 2.37. The summed E-state index contributed by atoms with van der Waals surface area (Å²) in [4.78, 5) is 19.0. The molecule has 1 fully saturated rings. The van der Waals surface area contributed by atoms with E-state index in [9.17, 15) is 14.3 Å². The normalized spacial score (nSPS) is 22.0.